The minimum atomic E-state index is -0.789. The van der Waals surface area contributed by atoms with Gasteiger partial charge in [-0.1, -0.05) is 5.21 Å². The van der Waals surface area contributed by atoms with E-state index in [2.05, 4.69) is 36.4 Å². The van der Waals surface area contributed by atoms with E-state index in [9.17, 15) is 9.90 Å². The third kappa shape index (κ3) is 3.33. The summed E-state index contributed by atoms with van der Waals surface area (Å²) in [6.07, 6.45) is 6.19. The lowest BCUT2D eigenvalue weighted by Gasteiger charge is -2.21. The number of carbonyl (C=O) groups is 1. The van der Waals surface area contributed by atoms with Gasteiger partial charge in [0, 0.05) is 51.4 Å². The van der Waals surface area contributed by atoms with Gasteiger partial charge in [-0.3, -0.25) is 9.48 Å². The van der Waals surface area contributed by atoms with Crippen molar-refractivity contribution in [1.82, 2.24) is 25.2 Å². The molecule has 0 saturated carbocycles. The van der Waals surface area contributed by atoms with Gasteiger partial charge >= 0.3 is 5.97 Å². The van der Waals surface area contributed by atoms with Crippen LogP contribution in [0.3, 0.4) is 0 Å². The average molecular weight is 357 g/mol. The van der Waals surface area contributed by atoms with Crippen LogP contribution in [0.2, 0.25) is 0 Å². The molecule has 1 N–H and O–H groups in total. The van der Waals surface area contributed by atoms with E-state index in [4.69, 9.17) is 0 Å². The van der Waals surface area contributed by atoms with E-state index < -0.39 is 5.97 Å². The van der Waals surface area contributed by atoms with Gasteiger partial charge in [0.2, 0.25) is 0 Å². The molecule has 0 spiro atoms. The molecule has 2 aromatic heterocycles. The Bertz CT molecular complexity index is 787. The van der Waals surface area contributed by atoms with Gasteiger partial charge in [0.1, 0.15) is 0 Å². The van der Waals surface area contributed by atoms with Crippen LogP contribution in [0.1, 0.15) is 30.9 Å². The van der Waals surface area contributed by atoms with Gasteiger partial charge in [-0.25, -0.2) is 0 Å². The number of rotatable bonds is 5. The Morgan fingerprint density at radius 1 is 1.23 bits per heavy atom. The van der Waals surface area contributed by atoms with E-state index in [0.717, 1.165) is 30.3 Å². The van der Waals surface area contributed by atoms with Crippen LogP contribution in [0, 0.1) is 5.92 Å². The Morgan fingerprint density at radius 3 is 2.73 bits per heavy atom. The number of aliphatic carboxylic acids is 1. The fraction of sp³-hybridized carbons (Fsp3) is 0.588. The lowest BCUT2D eigenvalue weighted by molar-refractivity contribution is -0.138. The summed E-state index contributed by atoms with van der Waals surface area (Å²) in [5.74, 6) is 0.0114. The monoisotopic (exact) mass is 357 g/mol. The van der Waals surface area contributed by atoms with Crippen LogP contribution < -0.4 is 9.80 Å². The number of aryl methyl sites for hydroxylation is 1. The molecule has 0 radical (unpaired) electrons. The molecule has 138 valence electrons. The standard InChI is InChI=1S/C17H23N7O2/c1-22-11-15(19-21-22)14-10-24(9-12(14)6-17(25)26)16-7-13(8-18-20-16)23-4-2-3-5-23/h7-8,11-12,14H,2-6,9-10H2,1H3,(H,25,26)/t12-,14+/m0/s1. The van der Waals surface area contributed by atoms with E-state index in [1.54, 1.807) is 10.9 Å². The summed E-state index contributed by atoms with van der Waals surface area (Å²) in [7, 11) is 1.82. The Hall–Kier alpha value is -2.71. The van der Waals surface area contributed by atoms with Crippen LogP contribution in [0.15, 0.2) is 18.5 Å². The highest BCUT2D eigenvalue weighted by Crippen LogP contribution is 2.36. The molecule has 2 fully saturated rings. The molecule has 26 heavy (non-hydrogen) atoms. The first-order valence-corrected chi connectivity index (χ1v) is 9.01. The first kappa shape index (κ1) is 16.7. The summed E-state index contributed by atoms with van der Waals surface area (Å²) >= 11 is 0. The lowest BCUT2D eigenvalue weighted by Crippen LogP contribution is -2.23. The molecule has 9 heteroatoms. The molecule has 0 aromatic carbocycles. The predicted octanol–water partition coefficient (Wildman–Crippen LogP) is 0.900. The number of hydrogen-bond acceptors (Lipinski definition) is 7. The molecular weight excluding hydrogens is 334 g/mol. The van der Waals surface area contributed by atoms with Crippen molar-refractivity contribution in [2.45, 2.75) is 25.2 Å². The second-order valence-corrected chi connectivity index (χ2v) is 7.15. The van der Waals surface area contributed by atoms with Crippen molar-refractivity contribution in [3.63, 3.8) is 0 Å². The summed E-state index contributed by atoms with van der Waals surface area (Å²) < 4.78 is 1.66. The number of carboxylic acids is 1. The normalized spacial score (nSPS) is 23.0. The van der Waals surface area contributed by atoms with Crippen molar-refractivity contribution in [2.24, 2.45) is 13.0 Å². The molecule has 2 aromatic rings. The number of anilines is 2. The van der Waals surface area contributed by atoms with E-state index in [1.165, 1.54) is 12.8 Å². The smallest absolute Gasteiger partial charge is 0.303 e. The Balaban J connectivity index is 1.57. The highest BCUT2D eigenvalue weighted by Gasteiger charge is 2.37. The fourth-order valence-electron chi connectivity index (χ4n) is 4.01. The van der Waals surface area contributed by atoms with Crippen LogP contribution in [0.5, 0.6) is 0 Å². The highest BCUT2D eigenvalue weighted by atomic mass is 16.4. The summed E-state index contributed by atoms with van der Waals surface area (Å²) in [5.41, 5.74) is 1.93. The quantitative estimate of drug-likeness (QED) is 0.842. The van der Waals surface area contributed by atoms with Gasteiger partial charge in [-0.2, -0.15) is 5.10 Å². The van der Waals surface area contributed by atoms with Gasteiger partial charge in [0.25, 0.3) is 0 Å². The average Bonchev–Trinajstić information content (AvgIpc) is 3.35. The Kier molecular flexibility index (Phi) is 4.44. The largest absolute Gasteiger partial charge is 0.481 e. The predicted molar refractivity (Wildman–Crippen MR) is 95.2 cm³/mol. The van der Waals surface area contributed by atoms with Gasteiger partial charge in [0.15, 0.2) is 5.82 Å². The fourth-order valence-corrected chi connectivity index (χ4v) is 4.01. The second-order valence-electron chi connectivity index (χ2n) is 7.15. The molecule has 4 heterocycles. The lowest BCUT2D eigenvalue weighted by atomic mass is 9.91. The molecule has 0 bridgehead atoms. The zero-order valence-corrected chi connectivity index (χ0v) is 14.8. The number of nitrogens with zero attached hydrogens (tertiary/aromatic N) is 7. The molecule has 9 nitrogen and oxygen atoms in total. The number of hydrogen-bond donors (Lipinski definition) is 1. The highest BCUT2D eigenvalue weighted by molar-refractivity contribution is 5.67. The zero-order chi connectivity index (χ0) is 18.1. The van der Waals surface area contributed by atoms with E-state index in [0.29, 0.717) is 13.1 Å². The molecule has 2 aliphatic rings. The van der Waals surface area contributed by atoms with Crippen molar-refractivity contribution in [3.05, 3.63) is 24.2 Å². The van der Waals surface area contributed by atoms with Crippen molar-refractivity contribution < 1.29 is 9.90 Å². The van der Waals surface area contributed by atoms with Crippen LogP contribution >= 0.6 is 0 Å². The molecule has 0 amide bonds. The van der Waals surface area contributed by atoms with Gasteiger partial charge in [0.05, 0.1) is 24.0 Å². The van der Waals surface area contributed by atoms with Crippen molar-refractivity contribution in [1.29, 1.82) is 0 Å². The van der Waals surface area contributed by atoms with Gasteiger partial charge < -0.3 is 14.9 Å². The molecule has 4 rings (SSSR count). The van der Waals surface area contributed by atoms with Crippen molar-refractivity contribution >= 4 is 17.5 Å². The topological polar surface area (TPSA) is 100 Å². The van der Waals surface area contributed by atoms with Crippen molar-refractivity contribution in [2.75, 3.05) is 36.0 Å². The third-order valence-corrected chi connectivity index (χ3v) is 5.30. The summed E-state index contributed by atoms with van der Waals surface area (Å²) in [6, 6.07) is 2.06. The summed E-state index contributed by atoms with van der Waals surface area (Å²) in [4.78, 5) is 15.8. The number of aromatic nitrogens is 5. The molecular formula is C17H23N7O2. The molecule has 2 aliphatic heterocycles. The van der Waals surface area contributed by atoms with Gasteiger partial charge in [-0.05, 0) is 18.8 Å². The third-order valence-electron chi connectivity index (χ3n) is 5.30. The molecule has 0 unspecified atom stereocenters. The van der Waals surface area contributed by atoms with Gasteiger partial charge in [-0.15, -0.1) is 10.2 Å². The van der Waals surface area contributed by atoms with E-state index in [1.807, 2.05) is 13.2 Å². The minimum Gasteiger partial charge on any atom is -0.481 e. The summed E-state index contributed by atoms with van der Waals surface area (Å²) in [6.45, 7) is 3.41. The first-order valence-electron chi connectivity index (χ1n) is 9.01. The Morgan fingerprint density at radius 2 is 2.04 bits per heavy atom. The van der Waals surface area contributed by atoms with Crippen LogP contribution in [0.4, 0.5) is 11.5 Å². The van der Waals surface area contributed by atoms with Crippen molar-refractivity contribution in [3.8, 4) is 0 Å². The maximum atomic E-state index is 11.3. The summed E-state index contributed by atoms with van der Waals surface area (Å²) in [5, 5.41) is 26.0. The first-order chi connectivity index (χ1) is 12.6. The number of carboxylic acid groups (broad SMARTS) is 1. The maximum Gasteiger partial charge on any atom is 0.303 e. The maximum absolute atomic E-state index is 11.3. The van der Waals surface area contributed by atoms with Crippen LogP contribution in [0.25, 0.3) is 0 Å². The van der Waals surface area contributed by atoms with E-state index >= 15 is 0 Å². The minimum absolute atomic E-state index is 0.0250. The molecule has 0 aliphatic carbocycles. The molecule has 2 atom stereocenters. The molecule has 2 saturated heterocycles. The van der Waals surface area contributed by atoms with Crippen LogP contribution in [-0.2, 0) is 11.8 Å². The van der Waals surface area contributed by atoms with Crippen LogP contribution in [-0.4, -0.2) is 62.4 Å². The van der Waals surface area contributed by atoms with E-state index in [-0.39, 0.29) is 18.3 Å². The Labute approximate surface area is 151 Å². The second kappa shape index (κ2) is 6.89. The SMILES string of the molecule is Cn1cc([C@@H]2CN(c3cc(N4CCCC4)cnn3)C[C@@H]2CC(=O)O)nn1. The zero-order valence-electron chi connectivity index (χ0n) is 14.8.